The van der Waals surface area contributed by atoms with E-state index in [1.165, 1.54) is 17.4 Å². The van der Waals surface area contributed by atoms with Crippen molar-refractivity contribution < 1.29 is 8.42 Å². The first kappa shape index (κ1) is 21.0. The smallest absolute Gasteiger partial charge is 0.243 e. The molecule has 3 aromatic rings. The Bertz CT molecular complexity index is 1320. The number of H-pyrrole nitrogens is 1. The Hall–Kier alpha value is -2.57. The van der Waals surface area contributed by atoms with Gasteiger partial charge in [0.15, 0.2) is 0 Å². The van der Waals surface area contributed by atoms with E-state index >= 15 is 0 Å². The van der Waals surface area contributed by atoms with Crippen LogP contribution in [0.3, 0.4) is 0 Å². The summed E-state index contributed by atoms with van der Waals surface area (Å²) in [6, 6.07) is 14.4. The van der Waals surface area contributed by atoms with Crippen LogP contribution in [-0.4, -0.2) is 30.8 Å². The van der Waals surface area contributed by atoms with Crippen LogP contribution in [0.25, 0.3) is 10.9 Å². The molecule has 2 aliphatic carbocycles. The Morgan fingerprint density at radius 2 is 1.82 bits per heavy atom. The lowest BCUT2D eigenvalue weighted by Gasteiger charge is -2.37. The van der Waals surface area contributed by atoms with Gasteiger partial charge in [-0.2, -0.15) is 4.31 Å². The highest BCUT2D eigenvalue weighted by atomic mass is 32.2. The molecule has 6 heteroatoms. The number of allylic oxidation sites excluding steroid dienone is 2. The lowest BCUT2D eigenvalue weighted by atomic mass is 9.77. The maximum atomic E-state index is 13.5. The lowest BCUT2D eigenvalue weighted by Crippen LogP contribution is -2.38. The number of nitrogens with zero attached hydrogens (tertiary/aromatic N) is 1. The number of hydrogen-bond acceptors (Lipinski definition) is 3. The van der Waals surface area contributed by atoms with Crippen LogP contribution in [0.2, 0.25) is 0 Å². The number of hydrogen-bond donors (Lipinski definition) is 2. The minimum Gasteiger partial charge on any atom is -0.378 e. The molecule has 1 aliphatic heterocycles. The number of fused-ring (bicyclic) bond motifs is 4. The molecule has 5 nitrogen and oxygen atoms in total. The highest BCUT2D eigenvalue weighted by molar-refractivity contribution is 7.89. The van der Waals surface area contributed by atoms with E-state index in [0.717, 1.165) is 48.9 Å². The molecular formula is C27H31N3O2S. The molecule has 2 N–H and O–H groups in total. The maximum absolute atomic E-state index is 13.5. The van der Waals surface area contributed by atoms with Gasteiger partial charge < -0.3 is 10.3 Å². The Morgan fingerprint density at radius 1 is 1.00 bits per heavy atom. The van der Waals surface area contributed by atoms with E-state index in [2.05, 4.69) is 52.9 Å². The second-order valence-electron chi connectivity index (χ2n) is 9.83. The fraction of sp³-hybridized carbons (Fsp3) is 0.407. The normalized spacial score (nSPS) is 25.2. The van der Waals surface area contributed by atoms with Crippen LogP contribution in [0.15, 0.2) is 65.7 Å². The minimum atomic E-state index is -3.51. The summed E-state index contributed by atoms with van der Waals surface area (Å²) in [5, 5.41) is 5.01. The van der Waals surface area contributed by atoms with Crippen molar-refractivity contribution in [3.05, 3.63) is 71.9 Å². The Labute approximate surface area is 195 Å². The molecule has 0 saturated heterocycles. The topological polar surface area (TPSA) is 65.2 Å². The van der Waals surface area contributed by atoms with Crippen LogP contribution in [0.1, 0.15) is 61.6 Å². The number of sulfonamides is 1. The van der Waals surface area contributed by atoms with Crippen LogP contribution in [0.4, 0.5) is 5.69 Å². The van der Waals surface area contributed by atoms with Crippen LogP contribution in [-0.2, 0) is 10.0 Å². The molecule has 6 rings (SSSR count). The van der Waals surface area contributed by atoms with Gasteiger partial charge in [0.05, 0.1) is 10.9 Å². The molecule has 3 atom stereocenters. The van der Waals surface area contributed by atoms with E-state index in [1.807, 2.05) is 12.1 Å². The van der Waals surface area contributed by atoms with Crippen molar-refractivity contribution in [2.45, 2.75) is 61.4 Å². The highest BCUT2D eigenvalue weighted by Crippen LogP contribution is 2.51. The number of rotatable bonds is 4. The molecular weight excluding hydrogens is 430 g/mol. The van der Waals surface area contributed by atoms with E-state index in [4.69, 9.17) is 0 Å². The molecule has 0 radical (unpaired) electrons. The summed E-state index contributed by atoms with van der Waals surface area (Å²) < 4.78 is 28.6. The third kappa shape index (κ3) is 3.42. The number of anilines is 1. The maximum Gasteiger partial charge on any atom is 0.243 e. The molecule has 0 amide bonds. The number of benzene rings is 2. The molecule has 0 bridgehead atoms. The number of aromatic amines is 1. The first-order valence-electron chi connectivity index (χ1n) is 12.2. The predicted molar refractivity (Wildman–Crippen MR) is 133 cm³/mol. The monoisotopic (exact) mass is 461 g/mol. The van der Waals surface area contributed by atoms with Gasteiger partial charge in [0.1, 0.15) is 0 Å². The van der Waals surface area contributed by atoms with Gasteiger partial charge >= 0.3 is 0 Å². The van der Waals surface area contributed by atoms with E-state index < -0.39 is 10.0 Å². The van der Waals surface area contributed by atoms with Crippen LogP contribution in [0, 0.1) is 5.92 Å². The largest absolute Gasteiger partial charge is 0.378 e. The molecule has 1 fully saturated rings. The molecule has 33 heavy (non-hydrogen) atoms. The van der Waals surface area contributed by atoms with Gasteiger partial charge in [0, 0.05) is 41.8 Å². The molecule has 1 aromatic heterocycles. The highest BCUT2D eigenvalue weighted by Gasteiger charge is 2.40. The van der Waals surface area contributed by atoms with Crippen LogP contribution >= 0.6 is 0 Å². The average Bonchev–Trinajstić information content (AvgIpc) is 3.51. The Balaban J connectivity index is 1.36. The van der Waals surface area contributed by atoms with Crippen molar-refractivity contribution in [2.75, 3.05) is 12.4 Å². The van der Waals surface area contributed by atoms with Crippen LogP contribution < -0.4 is 5.32 Å². The summed E-state index contributed by atoms with van der Waals surface area (Å²) in [5.41, 5.74) is 4.57. The zero-order valence-electron chi connectivity index (χ0n) is 19.0. The molecule has 0 spiro atoms. The third-order valence-corrected chi connectivity index (χ3v) is 9.96. The molecule has 2 aromatic carbocycles. The molecule has 1 saturated carbocycles. The summed E-state index contributed by atoms with van der Waals surface area (Å²) in [6.45, 7) is 0. The summed E-state index contributed by atoms with van der Waals surface area (Å²) >= 11 is 0. The van der Waals surface area contributed by atoms with Crippen molar-refractivity contribution >= 4 is 26.6 Å². The second kappa shape index (κ2) is 8.03. The zero-order chi connectivity index (χ0) is 22.6. The number of para-hydroxylation sites is 1. The predicted octanol–water partition coefficient (Wildman–Crippen LogP) is 5.95. The third-order valence-electron chi connectivity index (χ3n) is 8.06. The Morgan fingerprint density at radius 3 is 2.67 bits per heavy atom. The minimum absolute atomic E-state index is 0.114. The van der Waals surface area contributed by atoms with Gasteiger partial charge in [-0.05, 0) is 60.6 Å². The summed E-state index contributed by atoms with van der Waals surface area (Å²) in [5.74, 6) is 0.584. The van der Waals surface area contributed by atoms with E-state index in [0.29, 0.717) is 10.8 Å². The zero-order valence-corrected chi connectivity index (χ0v) is 19.8. The molecule has 172 valence electrons. The van der Waals surface area contributed by atoms with E-state index in [1.54, 1.807) is 17.4 Å². The molecule has 2 heterocycles. The van der Waals surface area contributed by atoms with Crippen molar-refractivity contribution in [1.29, 1.82) is 0 Å². The van der Waals surface area contributed by atoms with Gasteiger partial charge in [-0.1, -0.05) is 49.6 Å². The first-order valence-corrected chi connectivity index (χ1v) is 13.6. The summed E-state index contributed by atoms with van der Waals surface area (Å²) in [7, 11) is -1.75. The SMILES string of the molecule is CN(C1CCCCC1)S(=O)(=O)c1ccc2c(c1)C1C=CCC1C(c1c[nH]c3ccccc13)N2. The van der Waals surface area contributed by atoms with Crippen molar-refractivity contribution in [3.63, 3.8) is 0 Å². The standard InChI is InChI=1S/C27H31N3O2S/c1-30(18-8-3-2-4-9-18)33(31,32)19-14-15-26-23(16-19)20-11-7-12-22(20)27(29-26)24-17-28-25-13-6-5-10-21(24)25/h5-7,10-11,13-18,20,22,27-29H,2-4,8-9,12H2,1H3. The van der Waals surface area contributed by atoms with E-state index in [-0.39, 0.29) is 18.0 Å². The molecule has 3 unspecified atom stereocenters. The van der Waals surface area contributed by atoms with Gasteiger partial charge in [-0.15, -0.1) is 0 Å². The Kier molecular flexibility index (Phi) is 5.11. The van der Waals surface area contributed by atoms with Gasteiger partial charge in [-0.3, -0.25) is 0 Å². The second-order valence-corrected chi connectivity index (χ2v) is 11.8. The number of aromatic nitrogens is 1. The average molecular weight is 462 g/mol. The first-order chi connectivity index (χ1) is 16.0. The van der Waals surface area contributed by atoms with Crippen LogP contribution in [0.5, 0.6) is 0 Å². The van der Waals surface area contributed by atoms with Gasteiger partial charge in [-0.25, -0.2) is 8.42 Å². The van der Waals surface area contributed by atoms with Gasteiger partial charge in [0.25, 0.3) is 0 Å². The quantitative estimate of drug-likeness (QED) is 0.472. The lowest BCUT2D eigenvalue weighted by molar-refractivity contribution is 0.286. The molecule has 3 aliphatic rings. The van der Waals surface area contributed by atoms with Gasteiger partial charge in [0.2, 0.25) is 10.0 Å². The van der Waals surface area contributed by atoms with E-state index in [9.17, 15) is 8.42 Å². The fourth-order valence-corrected chi connectivity index (χ4v) is 7.65. The summed E-state index contributed by atoms with van der Waals surface area (Å²) in [4.78, 5) is 3.83. The number of nitrogens with one attached hydrogen (secondary N) is 2. The van der Waals surface area contributed by atoms with Crippen molar-refractivity contribution in [2.24, 2.45) is 5.92 Å². The fourth-order valence-electron chi connectivity index (χ4n) is 6.20. The summed E-state index contributed by atoms with van der Waals surface area (Å²) in [6.07, 6.45) is 13.0. The van der Waals surface area contributed by atoms with Crippen molar-refractivity contribution in [3.8, 4) is 0 Å². The van der Waals surface area contributed by atoms with Crippen molar-refractivity contribution in [1.82, 2.24) is 9.29 Å².